The van der Waals surface area contributed by atoms with E-state index in [-0.39, 0.29) is 23.1 Å². The zero-order valence-corrected chi connectivity index (χ0v) is 25.2. The summed E-state index contributed by atoms with van der Waals surface area (Å²) in [7, 11) is 8.97. The van der Waals surface area contributed by atoms with Crippen LogP contribution in [-0.2, 0) is 0 Å². The number of nitrogens with one attached hydrogen (secondary N) is 6. The molecule has 2 aromatic heterocycles. The summed E-state index contributed by atoms with van der Waals surface area (Å²) in [6.07, 6.45) is 5.41. The van der Waals surface area contributed by atoms with Crippen molar-refractivity contribution in [3.63, 3.8) is 0 Å². The predicted octanol–water partition coefficient (Wildman–Crippen LogP) is 1.35. The Kier molecular flexibility index (Phi) is 13.2. The number of aromatic nitrogens is 4. The Morgan fingerprint density at radius 1 is 0.775 bits per heavy atom. The number of nitrogens with zero attached hydrogens (tertiary/aromatic N) is 4. The molecule has 0 aromatic carbocycles. The Morgan fingerprint density at radius 2 is 1.32 bits per heavy atom. The van der Waals surface area contributed by atoms with Gasteiger partial charge in [-0.3, -0.25) is 30.2 Å². The standard InChI is InChI=1S/C27H48N10O3/c1-21-18-23(38)33-25(31-21)30-20-28-12-10-16-37(6,15-9-7-8-14-36(3,4)5)17-11-13-29-27(40)35-26-32-22(2)19-24(39)34-26/h18-19,28H,7-17,20H2,1-6H3,(H3-2,29,30,31,32,33,34,35,38,39,40)/p+2. The molecule has 0 bridgehead atoms. The molecule has 0 aliphatic rings. The summed E-state index contributed by atoms with van der Waals surface area (Å²) in [6.45, 7) is 9.59. The van der Waals surface area contributed by atoms with Gasteiger partial charge in [-0.05, 0) is 33.1 Å². The van der Waals surface area contributed by atoms with E-state index in [1.165, 1.54) is 31.5 Å². The number of hydrogen-bond donors (Lipinski definition) is 6. The van der Waals surface area contributed by atoms with Gasteiger partial charge in [0.1, 0.15) is 0 Å². The van der Waals surface area contributed by atoms with Gasteiger partial charge in [-0.15, -0.1) is 0 Å². The first-order valence-electron chi connectivity index (χ1n) is 14.1. The van der Waals surface area contributed by atoms with Crippen LogP contribution >= 0.6 is 0 Å². The molecule has 0 saturated carbocycles. The molecule has 0 saturated heterocycles. The first-order valence-corrected chi connectivity index (χ1v) is 14.1. The molecule has 6 N–H and O–H groups in total. The van der Waals surface area contributed by atoms with Crippen LogP contribution in [0.4, 0.5) is 16.7 Å². The molecule has 2 amide bonds. The minimum atomic E-state index is -0.385. The van der Waals surface area contributed by atoms with Crippen molar-refractivity contribution in [1.29, 1.82) is 0 Å². The molecule has 13 heteroatoms. The Morgan fingerprint density at radius 3 is 1.95 bits per heavy atom. The normalized spacial score (nSPS) is 13.1. The maximum Gasteiger partial charge on any atom is 0.321 e. The average Bonchev–Trinajstić information content (AvgIpc) is 2.82. The molecule has 2 rings (SSSR count). The van der Waals surface area contributed by atoms with Gasteiger partial charge in [-0.25, -0.2) is 14.8 Å². The molecule has 2 heterocycles. The number of rotatable bonds is 18. The highest BCUT2D eigenvalue weighted by Crippen LogP contribution is 2.11. The van der Waals surface area contributed by atoms with Crippen molar-refractivity contribution in [3.05, 3.63) is 44.2 Å². The third kappa shape index (κ3) is 14.2. The van der Waals surface area contributed by atoms with E-state index in [0.717, 1.165) is 54.4 Å². The number of unbranched alkanes of at least 4 members (excludes halogenated alkanes) is 2. The van der Waals surface area contributed by atoms with E-state index < -0.39 is 0 Å². The molecule has 40 heavy (non-hydrogen) atoms. The molecule has 224 valence electrons. The fourth-order valence-electron chi connectivity index (χ4n) is 4.53. The van der Waals surface area contributed by atoms with Gasteiger partial charge in [-0.2, -0.15) is 0 Å². The number of amides is 2. The van der Waals surface area contributed by atoms with Crippen molar-refractivity contribution < 1.29 is 13.8 Å². The van der Waals surface area contributed by atoms with Crippen LogP contribution in [0, 0.1) is 13.8 Å². The van der Waals surface area contributed by atoms with Crippen LogP contribution in [0.2, 0.25) is 0 Å². The zero-order chi connectivity index (χ0) is 29.6. The van der Waals surface area contributed by atoms with Crippen LogP contribution < -0.4 is 32.4 Å². The number of aryl methyl sites for hydroxylation is 2. The third-order valence-electron chi connectivity index (χ3n) is 6.59. The Labute approximate surface area is 237 Å². The van der Waals surface area contributed by atoms with Gasteiger partial charge >= 0.3 is 6.03 Å². The van der Waals surface area contributed by atoms with Gasteiger partial charge in [0.25, 0.3) is 11.1 Å². The summed E-state index contributed by atoms with van der Waals surface area (Å²) in [5.74, 6) is 0.608. The van der Waals surface area contributed by atoms with Crippen LogP contribution in [0.5, 0.6) is 0 Å². The van der Waals surface area contributed by atoms with Crippen LogP contribution in [0.25, 0.3) is 0 Å². The Hall–Kier alpha value is -3.29. The topological polar surface area (TPSA) is 157 Å². The van der Waals surface area contributed by atoms with E-state index in [9.17, 15) is 14.4 Å². The molecule has 0 fully saturated rings. The number of carbonyl (C=O) groups is 1. The number of carbonyl (C=O) groups excluding carboxylic acids is 1. The summed E-state index contributed by atoms with van der Waals surface area (Å²) in [5, 5.41) is 11.9. The minimum Gasteiger partial charge on any atom is -0.343 e. The molecule has 1 unspecified atom stereocenters. The van der Waals surface area contributed by atoms with Crippen molar-refractivity contribution >= 4 is 17.9 Å². The van der Waals surface area contributed by atoms with E-state index in [1.807, 2.05) is 0 Å². The van der Waals surface area contributed by atoms with Crippen molar-refractivity contribution in [2.24, 2.45) is 0 Å². The SMILES string of the molecule is Cc1cc(=O)[nH]c(NCNCCC[N+](C)(CCCCC[N+](C)(C)C)CCCNC(=O)Nc2nc(C)cc(=O)[nH]2)n1. The van der Waals surface area contributed by atoms with Crippen molar-refractivity contribution in [2.75, 3.05) is 84.8 Å². The first kappa shape index (κ1) is 32.9. The molecule has 0 aliphatic carbocycles. The summed E-state index contributed by atoms with van der Waals surface area (Å²) in [6, 6.07) is 2.45. The third-order valence-corrected chi connectivity index (χ3v) is 6.59. The fourth-order valence-corrected chi connectivity index (χ4v) is 4.53. The quantitative estimate of drug-likeness (QED) is 0.0910. The largest absolute Gasteiger partial charge is 0.343 e. The number of anilines is 2. The highest BCUT2D eigenvalue weighted by molar-refractivity contribution is 5.87. The summed E-state index contributed by atoms with van der Waals surface area (Å²) >= 11 is 0. The van der Waals surface area contributed by atoms with E-state index >= 15 is 0 Å². The second-order valence-electron chi connectivity index (χ2n) is 11.8. The van der Waals surface area contributed by atoms with Gasteiger partial charge in [0.2, 0.25) is 11.9 Å². The lowest BCUT2D eigenvalue weighted by molar-refractivity contribution is -0.910. The number of aromatic amines is 2. The van der Waals surface area contributed by atoms with Gasteiger partial charge in [0, 0.05) is 49.5 Å². The molecule has 1 atom stereocenters. The summed E-state index contributed by atoms with van der Waals surface area (Å²) in [5.41, 5.74) is 0.748. The summed E-state index contributed by atoms with van der Waals surface area (Å²) < 4.78 is 1.92. The van der Waals surface area contributed by atoms with Gasteiger partial charge in [0.15, 0.2) is 0 Å². The molecule has 0 radical (unpaired) electrons. The van der Waals surface area contributed by atoms with Crippen LogP contribution in [0.3, 0.4) is 0 Å². The molecule has 0 spiro atoms. The minimum absolute atomic E-state index is 0.142. The monoisotopic (exact) mass is 562 g/mol. The first-order chi connectivity index (χ1) is 18.8. The Bertz CT molecular complexity index is 1170. The fraction of sp³-hybridized carbons (Fsp3) is 0.667. The number of H-pyrrole nitrogens is 2. The maximum atomic E-state index is 12.3. The highest BCUT2D eigenvalue weighted by atomic mass is 16.2. The van der Waals surface area contributed by atoms with E-state index in [2.05, 4.69) is 69.4 Å². The smallest absolute Gasteiger partial charge is 0.321 e. The van der Waals surface area contributed by atoms with Crippen molar-refractivity contribution in [2.45, 2.75) is 46.0 Å². The van der Waals surface area contributed by atoms with E-state index in [1.54, 1.807) is 13.8 Å². The second-order valence-corrected chi connectivity index (χ2v) is 11.8. The van der Waals surface area contributed by atoms with Crippen molar-refractivity contribution in [3.8, 4) is 0 Å². The van der Waals surface area contributed by atoms with Gasteiger partial charge < -0.3 is 19.6 Å². The maximum absolute atomic E-state index is 12.3. The lowest BCUT2D eigenvalue weighted by atomic mass is 10.1. The van der Waals surface area contributed by atoms with Crippen molar-refractivity contribution in [1.82, 2.24) is 30.6 Å². The molecular weight excluding hydrogens is 512 g/mol. The molecule has 13 nitrogen and oxygen atoms in total. The predicted molar refractivity (Wildman–Crippen MR) is 159 cm³/mol. The van der Waals surface area contributed by atoms with Gasteiger partial charge in [-0.1, -0.05) is 0 Å². The van der Waals surface area contributed by atoms with Crippen LogP contribution in [0.1, 0.15) is 43.5 Å². The van der Waals surface area contributed by atoms with E-state index in [4.69, 9.17) is 0 Å². The number of hydrogen-bond acceptors (Lipinski definition) is 7. The molecule has 2 aromatic rings. The zero-order valence-electron chi connectivity index (χ0n) is 25.2. The average molecular weight is 563 g/mol. The summed E-state index contributed by atoms with van der Waals surface area (Å²) in [4.78, 5) is 49.0. The van der Waals surface area contributed by atoms with E-state index in [0.29, 0.717) is 30.5 Å². The number of quaternary nitrogens is 2. The lowest BCUT2D eigenvalue weighted by Gasteiger charge is -2.35. The lowest BCUT2D eigenvalue weighted by Crippen LogP contribution is -2.48. The second kappa shape index (κ2) is 16.1. The highest BCUT2D eigenvalue weighted by Gasteiger charge is 2.21. The molecule has 0 aliphatic heterocycles. The number of urea groups is 1. The van der Waals surface area contributed by atoms with Gasteiger partial charge in [0.05, 0.1) is 61.0 Å². The van der Waals surface area contributed by atoms with Crippen LogP contribution in [0.15, 0.2) is 21.7 Å². The Balaban J connectivity index is 1.77. The molecular formula is C27H50N10O3+2. The van der Waals surface area contributed by atoms with Crippen LogP contribution in [-0.4, -0.2) is 109 Å².